The second kappa shape index (κ2) is 4.77. The van der Waals surface area contributed by atoms with Crippen LogP contribution in [0.3, 0.4) is 0 Å². The third-order valence-corrected chi connectivity index (χ3v) is 2.36. The Morgan fingerprint density at radius 3 is 3.00 bits per heavy atom. The molecule has 0 aliphatic heterocycles. The number of amides is 1. The molecule has 0 bridgehead atoms. The lowest BCUT2D eigenvalue weighted by Gasteiger charge is -2.02. The number of hydrogen-bond donors (Lipinski definition) is 2. The van der Waals surface area contributed by atoms with Gasteiger partial charge in [-0.25, -0.2) is 9.97 Å². The van der Waals surface area contributed by atoms with Crippen molar-refractivity contribution in [1.29, 1.82) is 0 Å². The van der Waals surface area contributed by atoms with Crippen molar-refractivity contribution in [2.24, 2.45) is 7.05 Å². The van der Waals surface area contributed by atoms with E-state index in [4.69, 9.17) is 0 Å². The van der Waals surface area contributed by atoms with Crippen molar-refractivity contribution in [3.05, 3.63) is 29.9 Å². The fourth-order valence-corrected chi connectivity index (χ4v) is 1.45. The molecule has 7 nitrogen and oxygen atoms in total. The van der Waals surface area contributed by atoms with E-state index in [1.54, 1.807) is 13.1 Å². The molecule has 0 saturated heterocycles. The summed E-state index contributed by atoms with van der Waals surface area (Å²) in [6.45, 7) is 2.26. The number of carbonyl (C=O) groups excluding carboxylic acids is 1. The number of imidazole rings is 1. The topological polar surface area (TPSA) is 88.5 Å². The van der Waals surface area contributed by atoms with Crippen LogP contribution in [0.15, 0.2) is 12.4 Å². The van der Waals surface area contributed by atoms with Crippen LogP contribution in [-0.4, -0.2) is 37.2 Å². The van der Waals surface area contributed by atoms with Crippen LogP contribution >= 0.6 is 0 Å². The molecule has 2 N–H and O–H groups in total. The van der Waals surface area contributed by atoms with Gasteiger partial charge in [0.15, 0.2) is 0 Å². The van der Waals surface area contributed by atoms with Crippen molar-refractivity contribution in [1.82, 2.24) is 30.0 Å². The average molecular weight is 234 g/mol. The van der Waals surface area contributed by atoms with Crippen LogP contribution in [0.25, 0.3) is 0 Å². The molecular weight excluding hydrogens is 220 g/mol. The summed E-state index contributed by atoms with van der Waals surface area (Å²) in [4.78, 5) is 19.7. The molecule has 2 aromatic heterocycles. The minimum Gasteiger partial charge on any atom is -0.349 e. The Morgan fingerprint density at radius 1 is 1.59 bits per heavy atom. The van der Waals surface area contributed by atoms with Crippen LogP contribution in [0.5, 0.6) is 0 Å². The number of rotatable bonds is 4. The van der Waals surface area contributed by atoms with E-state index >= 15 is 0 Å². The fraction of sp³-hybridized carbons (Fsp3) is 0.400. The minimum absolute atomic E-state index is 0.169. The first-order chi connectivity index (χ1) is 8.16. The van der Waals surface area contributed by atoms with Crippen LogP contribution in [-0.2, 0) is 13.5 Å². The van der Waals surface area contributed by atoms with Gasteiger partial charge in [0.25, 0.3) is 5.91 Å². The molecule has 0 saturated carbocycles. The van der Waals surface area contributed by atoms with Crippen molar-refractivity contribution in [3.8, 4) is 0 Å². The highest BCUT2D eigenvalue weighted by atomic mass is 16.2. The van der Waals surface area contributed by atoms with E-state index in [0.717, 1.165) is 5.82 Å². The maximum atomic E-state index is 11.6. The fourth-order valence-electron chi connectivity index (χ4n) is 1.45. The molecule has 0 spiro atoms. The van der Waals surface area contributed by atoms with E-state index in [1.165, 1.54) is 0 Å². The lowest BCUT2D eigenvalue weighted by atomic mass is 10.4. The van der Waals surface area contributed by atoms with Gasteiger partial charge in [-0.1, -0.05) is 0 Å². The molecule has 0 fully saturated rings. The molecule has 1 amide bonds. The predicted molar refractivity (Wildman–Crippen MR) is 60.4 cm³/mol. The number of aryl methyl sites for hydroxylation is 2. The van der Waals surface area contributed by atoms with Gasteiger partial charge < -0.3 is 9.88 Å². The largest absolute Gasteiger partial charge is 0.349 e. The zero-order valence-electron chi connectivity index (χ0n) is 9.77. The van der Waals surface area contributed by atoms with Crippen LogP contribution in [0.1, 0.15) is 22.3 Å². The molecule has 0 aromatic carbocycles. The summed E-state index contributed by atoms with van der Waals surface area (Å²) in [5.41, 5.74) is 0. The molecule has 2 heterocycles. The summed E-state index contributed by atoms with van der Waals surface area (Å²) in [6, 6.07) is 0. The molecule has 90 valence electrons. The molecule has 0 atom stereocenters. The van der Waals surface area contributed by atoms with Gasteiger partial charge in [0.1, 0.15) is 11.6 Å². The van der Waals surface area contributed by atoms with E-state index in [-0.39, 0.29) is 11.7 Å². The van der Waals surface area contributed by atoms with Gasteiger partial charge in [-0.15, -0.1) is 5.10 Å². The van der Waals surface area contributed by atoms with Gasteiger partial charge in [-0.05, 0) is 6.92 Å². The van der Waals surface area contributed by atoms with E-state index in [1.807, 2.05) is 17.8 Å². The summed E-state index contributed by atoms with van der Waals surface area (Å²) in [5, 5.41) is 9.14. The highest BCUT2D eigenvalue weighted by Crippen LogP contribution is 1.95. The number of aromatic amines is 1. The summed E-state index contributed by atoms with van der Waals surface area (Å²) in [7, 11) is 1.92. The Morgan fingerprint density at radius 2 is 2.41 bits per heavy atom. The first-order valence-electron chi connectivity index (χ1n) is 5.30. The standard InChI is InChI=1S/C10H14N6O/c1-7-13-9(15-14-7)10(17)12-4-3-8-11-5-6-16(8)2/h5-6H,3-4H2,1-2H3,(H,12,17)(H,13,14,15). The van der Waals surface area contributed by atoms with Crippen LogP contribution in [0.2, 0.25) is 0 Å². The van der Waals surface area contributed by atoms with Crippen LogP contribution < -0.4 is 5.32 Å². The van der Waals surface area contributed by atoms with E-state index in [9.17, 15) is 4.79 Å². The molecule has 0 aliphatic carbocycles. The van der Waals surface area contributed by atoms with Crippen molar-refractivity contribution >= 4 is 5.91 Å². The van der Waals surface area contributed by atoms with Crippen LogP contribution in [0, 0.1) is 6.92 Å². The first kappa shape index (κ1) is 11.3. The summed E-state index contributed by atoms with van der Waals surface area (Å²) >= 11 is 0. The number of H-pyrrole nitrogens is 1. The second-order valence-electron chi connectivity index (χ2n) is 3.70. The molecular formula is C10H14N6O. The summed E-state index contributed by atoms with van der Waals surface area (Å²) in [6.07, 6.45) is 4.28. The summed E-state index contributed by atoms with van der Waals surface area (Å²) < 4.78 is 1.92. The zero-order chi connectivity index (χ0) is 12.3. The lowest BCUT2D eigenvalue weighted by Crippen LogP contribution is -2.27. The minimum atomic E-state index is -0.274. The maximum Gasteiger partial charge on any atom is 0.290 e. The van der Waals surface area contributed by atoms with Crippen molar-refractivity contribution in [2.45, 2.75) is 13.3 Å². The van der Waals surface area contributed by atoms with Gasteiger partial charge in [-0.3, -0.25) is 9.89 Å². The Balaban J connectivity index is 1.83. The Kier molecular flexibility index (Phi) is 3.17. The number of carbonyl (C=O) groups is 1. The lowest BCUT2D eigenvalue weighted by molar-refractivity contribution is 0.0944. The number of hydrogen-bond acceptors (Lipinski definition) is 4. The molecule has 2 rings (SSSR count). The van der Waals surface area contributed by atoms with Gasteiger partial charge in [0, 0.05) is 32.4 Å². The van der Waals surface area contributed by atoms with Crippen molar-refractivity contribution in [2.75, 3.05) is 6.54 Å². The number of aromatic nitrogens is 5. The van der Waals surface area contributed by atoms with Gasteiger partial charge in [0.05, 0.1) is 0 Å². The van der Waals surface area contributed by atoms with Crippen molar-refractivity contribution < 1.29 is 4.79 Å². The average Bonchev–Trinajstić information content (AvgIpc) is 2.88. The quantitative estimate of drug-likeness (QED) is 0.768. The van der Waals surface area contributed by atoms with Crippen molar-refractivity contribution in [3.63, 3.8) is 0 Å². The van der Waals surface area contributed by atoms with Gasteiger partial charge >= 0.3 is 0 Å². The molecule has 17 heavy (non-hydrogen) atoms. The molecule has 0 unspecified atom stereocenters. The van der Waals surface area contributed by atoms with Gasteiger partial charge in [-0.2, -0.15) is 0 Å². The highest BCUT2D eigenvalue weighted by Gasteiger charge is 2.10. The Labute approximate surface area is 98.3 Å². The second-order valence-corrected chi connectivity index (χ2v) is 3.70. The molecule has 2 aromatic rings. The maximum absolute atomic E-state index is 11.6. The Bertz CT molecular complexity index is 514. The number of nitrogens with zero attached hydrogens (tertiary/aromatic N) is 4. The number of nitrogens with one attached hydrogen (secondary N) is 2. The van der Waals surface area contributed by atoms with Crippen LogP contribution in [0.4, 0.5) is 0 Å². The SMILES string of the molecule is Cc1nc(C(=O)NCCc2nccn2C)n[nH]1. The highest BCUT2D eigenvalue weighted by molar-refractivity contribution is 5.90. The third kappa shape index (κ3) is 2.68. The Hall–Kier alpha value is -2.18. The summed E-state index contributed by atoms with van der Waals surface area (Å²) in [5.74, 6) is 1.45. The van der Waals surface area contributed by atoms with E-state index < -0.39 is 0 Å². The molecule has 0 radical (unpaired) electrons. The zero-order valence-corrected chi connectivity index (χ0v) is 9.77. The monoisotopic (exact) mass is 234 g/mol. The molecule has 7 heteroatoms. The van der Waals surface area contributed by atoms with Gasteiger partial charge in [0.2, 0.25) is 5.82 Å². The van der Waals surface area contributed by atoms with E-state index in [0.29, 0.717) is 18.8 Å². The normalized spacial score (nSPS) is 10.5. The third-order valence-electron chi connectivity index (χ3n) is 2.36. The van der Waals surface area contributed by atoms with E-state index in [2.05, 4.69) is 25.5 Å². The smallest absolute Gasteiger partial charge is 0.290 e. The first-order valence-corrected chi connectivity index (χ1v) is 5.30. The predicted octanol–water partition coefficient (Wildman–Crippen LogP) is -0.181. The molecule has 0 aliphatic rings.